The van der Waals surface area contributed by atoms with Crippen LogP contribution in [0.5, 0.6) is 0 Å². The van der Waals surface area contributed by atoms with Gasteiger partial charge in [-0.1, -0.05) is 40.9 Å². The molecule has 23 heavy (non-hydrogen) atoms. The number of halogens is 1. The van der Waals surface area contributed by atoms with E-state index < -0.39 is 5.60 Å². The van der Waals surface area contributed by atoms with Gasteiger partial charge in [-0.05, 0) is 51.3 Å². The first-order valence-corrected chi connectivity index (χ1v) is 9.04. The Kier molecular flexibility index (Phi) is 6.09. The fraction of sp³-hybridized carbons (Fsp3) is 0.611. The summed E-state index contributed by atoms with van der Waals surface area (Å²) in [7, 11) is 0. The zero-order valence-electron chi connectivity index (χ0n) is 14.2. The van der Waals surface area contributed by atoms with Crippen LogP contribution >= 0.6 is 15.9 Å². The summed E-state index contributed by atoms with van der Waals surface area (Å²) in [6.07, 6.45) is 4.21. The third-order valence-corrected chi connectivity index (χ3v) is 4.58. The lowest BCUT2D eigenvalue weighted by atomic mass is 9.97. The molecule has 0 radical (unpaired) electrons. The van der Waals surface area contributed by atoms with Crippen molar-refractivity contribution in [3.8, 4) is 0 Å². The molecule has 1 fully saturated rings. The van der Waals surface area contributed by atoms with Gasteiger partial charge in [-0.3, -0.25) is 0 Å². The molecule has 0 aliphatic heterocycles. The minimum Gasteiger partial charge on any atom is -0.444 e. The molecule has 0 saturated heterocycles. The molecule has 0 atom stereocenters. The SMILES string of the molecule is CC(C)(C)OC(=O)NCC1(NCc2cccc(Br)c2)CCCC1. The normalized spacial score (nSPS) is 17.0. The molecule has 4 nitrogen and oxygen atoms in total. The van der Waals surface area contributed by atoms with Crippen LogP contribution in [0.15, 0.2) is 28.7 Å². The van der Waals surface area contributed by atoms with Crippen LogP contribution in [0.25, 0.3) is 0 Å². The Morgan fingerprint density at radius 3 is 2.61 bits per heavy atom. The maximum atomic E-state index is 11.9. The van der Waals surface area contributed by atoms with Gasteiger partial charge in [-0.2, -0.15) is 0 Å². The van der Waals surface area contributed by atoms with Crippen molar-refractivity contribution in [1.82, 2.24) is 10.6 Å². The first kappa shape index (κ1) is 18.3. The number of ether oxygens (including phenoxy) is 1. The fourth-order valence-electron chi connectivity index (χ4n) is 2.96. The molecule has 0 bridgehead atoms. The summed E-state index contributed by atoms with van der Waals surface area (Å²) in [5.74, 6) is 0. The van der Waals surface area contributed by atoms with Crippen LogP contribution < -0.4 is 10.6 Å². The molecule has 1 aromatic carbocycles. The molecule has 1 aliphatic rings. The van der Waals surface area contributed by atoms with E-state index in [0.717, 1.165) is 23.9 Å². The van der Waals surface area contributed by atoms with Gasteiger partial charge >= 0.3 is 6.09 Å². The Hall–Kier alpha value is -1.07. The first-order chi connectivity index (χ1) is 10.8. The zero-order chi connectivity index (χ0) is 16.9. The van der Waals surface area contributed by atoms with Gasteiger partial charge < -0.3 is 15.4 Å². The van der Waals surface area contributed by atoms with E-state index in [0.29, 0.717) is 6.54 Å². The second-order valence-corrected chi connectivity index (χ2v) is 8.24. The Labute approximate surface area is 147 Å². The van der Waals surface area contributed by atoms with Crippen molar-refractivity contribution < 1.29 is 9.53 Å². The highest BCUT2D eigenvalue weighted by Gasteiger charge is 2.34. The topological polar surface area (TPSA) is 50.4 Å². The second kappa shape index (κ2) is 7.67. The van der Waals surface area contributed by atoms with Crippen LogP contribution in [-0.2, 0) is 11.3 Å². The number of benzene rings is 1. The number of rotatable bonds is 5. The van der Waals surface area contributed by atoms with Crippen molar-refractivity contribution in [3.63, 3.8) is 0 Å². The van der Waals surface area contributed by atoms with Crippen molar-refractivity contribution in [3.05, 3.63) is 34.3 Å². The van der Waals surface area contributed by atoms with E-state index in [2.05, 4.69) is 38.7 Å². The van der Waals surface area contributed by atoms with Crippen LogP contribution in [0.4, 0.5) is 4.79 Å². The van der Waals surface area contributed by atoms with Gasteiger partial charge in [0.15, 0.2) is 0 Å². The highest BCUT2D eigenvalue weighted by atomic mass is 79.9. The quantitative estimate of drug-likeness (QED) is 0.794. The minimum absolute atomic E-state index is 0.0285. The highest BCUT2D eigenvalue weighted by Crippen LogP contribution is 2.29. The summed E-state index contributed by atoms with van der Waals surface area (Å²) in [5, 5.41) is 6.60. The third kappa shape index (κ3) is 6.15. The van der Waals surface area contributed by atoms with Gasteiger partial charge in [0.05, 0.1) is 0 Å². The van der Waals surface area contributed by atoms with Gasteiger partial charge in [0.25, 0.3) is 0 Å². The molecule has 128 valence electrons. The van der Waals surface area contributed by atoms with Gasteiger partial charge in [0.2, 0.25) is 0 Å². The first-order valence-electron chi connectivity index (χ1n) is 8.24. The molecule has 0 aromatic heterocycles. The maximum absolute atomic E-state index is 11.9. The van der Waals surface area contributed by atoms with E-state index in [1.54, 1.807) is 0 Å². The molecule has 2 N–H and O–H groups in total. The standard InChI is InChI=1S/C18H27BrN2O2/c1-17(2,3)23-16(22)20-13-18(9-4-5-10-18)21-12-14-7-6-8-15(19)11-14/h6-8,11,21H,4-5,9-10,12-13H2,1-3H3,(H,20,22). The highest BCUT2D eigenvalue weighted by molar-refractivity contribution is 9.10. The Morgan fingerprint density at radius 1 is 1.30 bits per heavy atom. The fourth-order valence-corrected chi connectivity index (χ4v) is 3.41. The lowest BCUT2D eigenvalue weighted by Gasteiger charge is -2.31. The molecular formula is C18H27BrN2O2. The summed E-state index contributed by atoms with van der Waals surface area (Å²) in [5.41, 5.74) is 0.749. The van der Waals surface area contributed by atoms with Gasteiger partial charge in [-0.25, -0.2) is 4.79 Å². The number of carbonyl (C=O) groups excluding carboxylic acids is 1. The lowest BCUT2D eigenvalue weighted by molar-refractivity contribution is 0.0509. The predicted molar refractivity (Wildman–Crippen MR) is 96.4 cm³/mol. The number of hydrogen-bond donors (Lipinski definition) is 2. The van der Waals surface area contributed by atoms with Crippen molar-refractivity contribution in [2.75, 3.05) is 6.54 Å². The van der Waals surface area contributed by atoms with Crippen LogP contribution in [0.3, 0.4) is 0 Å². The zero-order valence-corrected chi connectivity index (χ0v) is 15.8. The summed E-state index contributed by atoms with van der Waals surface area (Å²) < 4.78 is 6.42. The maximum Gasteiger partial charge on any atom is 0.407 e. The molecule has 1 aliphatic carbocycles. The molecule has 0 heterocycles. The number of amides is 1. The van der Waals surface area contributed by atoms with Crippen LogP contribution in [-0.4, -0.2) is 23.8 Å². The Balaban J connectivity index is 1.90. The van der Waals surface area contributed by atoms with Crippen LogP contribution in [0, 0.1) is 0 Å². The van der Waals surface area contributed by atoms with Gasteiger partial charge in [-0.15, -0.1) is 0 Å². The average molecular weight is 383 g/mol. The molecule has 1 saturated carbocycles. The number of alkyl carbamates (subject to hydrolysis) is 1. The molecule has 1 aromatic rings. The van der Waals surface area contributed by atoms with Gasteiger partial charge in [0.1, 0.15) is 5.60 Å². The van der Waals surface area contributed by atoms with Crippen molar-refractivity contribution in [1.29, 1.82) is 0 Å². The largest absolute Gasteiger partial charge is 0.444 e. The van der Waals surface area contributed by atoms with Crippen molar-refractivity contribution in [2.45, 2.75) is 64.1 Å². The van der Waals surface area contributed by atoms with Crippen LogP contribution in [0.2, 0.25) is 0 Å². The Bertz CT molecular complexity index is 534. The van der Waals surface area contributed by atoms with E-state index in [9.17, 15) is 4.79 Å². The summed E-state index contributed by atoms with van der Waals surface area (Å²) in [6.45, 7) is 7.04. The van der Waals surface area contributed by atoms with Crippen LogP contribution in [0.1, 0.15) is 52.0 Å². The van der Waals surface area contributed by atoms with Crippen molar-refractivity contribution in [2.24, 2.45) is 0 Å². The monoisotopic (exact) mass is 382 g/mol. The second-order valence-electron chi connectivity index (χ2n) is 7.33. The van der Waals surface area contributed by atoms with E-state index in [4.69, 9.17) is 4.74 Å². The average Bonchev–Trinajstić information content (AvgIpc) is 2.91. The smallest absolute Gasteiger partial charge is 0.407 e. The van der Waals surface area contributed by atoms with E-state index in [1.807, 2.05) is 32.9 Å². The molecule has 2 rings (SSSR count). The van der Waals surface area contributed by atoms with E-state index >= 15 is 0 Å². The molecule has 0 spiro atoms. The lowest BCUT2D eigenvalue weighted by Crippen LogP contribution is -2.52. The van der Waals surface area contributed by atoms with Gasteiger partial charge in [0, 0.05) is 23.1 Å². The summed E-state index contributed by atoms with van der Waals surface area (Å²) in [4.78, 5) is 11.9. The minimum atomic E-state index is -0.462. The summed E-state index contributed by atoms with van der Waals surface area (Å²) >= 11 is 3.51. The Morgan fingerprint density at radius 2 is 2.00 bits per heavy atom. The number of nitrogens with one attached hydrogen (secondary N) is 2. The molecular weight excluding hydrogens is 356 g/mol. The number of carbonyl (C=O) groups is 1. The van der Waals surface area contributed by atoms with E-state index in [-0.39, 0.29) is 11.6 Å². The number of hydrogen-bond acceptors (Lipinski definition) is 3. The summed E-state index contributed by atoms with van der Waals surface area (Å²) in [6, 6.07) is 8.30. The molecule has 5 heteroatoms. The molecule has 1 amide bonds. The van der Waals surface area contributed by atoms with Crippen molar-refractivity contribution >= 4 is 22.0 Å². The third-order valence-electron chi connectivity index (χ3n) is 4.09. The van der Waals surface area contributed by atoms with E-state index in [1.165, 1.54) is 18.4 Å². The predicted octanol–water partition coefficient (Wildman–Crippen LogP) is 4.38. The molecule has 0 unspecified atom stereocenters.